The fourth-order valence-corrected chi connectivity index (χ4v) is 3.47. The lowest BCUT2D eigenvalue weighted by molar-refractivity contribution is -0.115. The average molecular weight is 353 g/mol. The molecule has 1 aromatic rings. The third-order valence-electron chi connectivity index (χ3n) is 4.21. The Morgan fingerprint density at radius 3 is 2.90 bits per heavy atom. The molecule has 4 heteroatoms. The van der Waals surface area contributed by atoms with E-state index in [-0.39, 0.29) is 5.91 Å². The Bertz CT molecular complexity index is 464. The van der Waals surface area contributed by atoms with Gasteiger partial charge in [0.2, 0.25) is 5.91 Å². The Labute approximate surface area is 136 Å². The van der Waals surface area contributed by atoms with Crippen LogP contribution in [-0.4, -0.2) is 19.0 Å². The van der Waals surface area contributed by atoms with Gasteiger partial charge in [0.1, 0.15) is 0 Å². The van der Waals surface area contributed by atoms with Crippen molar-refractivity contribution < 1.29 is 4.79 Å². The second-order valence-electron chi connectivity index (χ2n) is 6.13. The van der Waals surface area contributed by atoms with Gasteiger partial charge in [-0.3, -0.25) is 4.79 Å². The zero-order valence-electron chi connectivity index (χ0n) is 12.7. The minimum absolute atomic E-state index is 0.0129. The van der Waals surface area contributed by atoms with Crippen molar-refractivity contribution in [3.05, 3.63) is 28.7 Å². The normalized spacial score (nSPS) is 22.0. The summed E-state index contributed by atoms with van der Waals surface area (Å²) in [7, 11) is 0. The van der Waals surface area contributed by atoms with Crippen molar-refractivity contribution in [1.82, 2.24) is 5.32 Å². The number of carbonyl (C=O) groups is 1. The predicted octanol–water partition coefficient (Wildman–Crippen LogP) is 4.19. The minimum atomic E-state index is 0.0129. The lowest BCUT2D eigenvalue weighted by atomic mass is 9.81. The maximum absolute atomic E-state index is 11.9. The summed E-state index contributed by atoms with van der Waals surface area (Å²) in [5.41, 5.74) is 0.824. The molecule has 1 aromatic carbocycles. The SMILES string of the molecule is CC1CCCC(CCNCC(=O)Nc2ccccc2Br)C1. The number of carbonyl (C=O) groups excluding carboxylic acids is 1. The standard InChI is InChI=1S/C17H25BrN2O/c1-13-5-4-6-14(11-13)9-10-19-12-17(21)20-16-8-3-2-7-15(16)18/h2-3,7-8,13-14,19H,4-6,9-12H2,1H3,(H,20,21). The lowest BCUT2D eigenvalue weighted by Crippen LogP contribution is -2.30. The Morgan fingerprint density at radius 1 is 1.33 bits per heavy atom. The highest BCUT2D eigenvalue weighted by molar-refractivity contribution is 9.10. The van der Waals surface area contributed by atoms with Crippen LogP contribution >= 0.6 is 15.9 Å². The predicted molar refractivity (Wildman–Crippen MR) is 91.4 cm³/mol. The van der Waals surface area contributed by atoms with Crippen molar-refractivity contribution >= 4 is 27.5 Å². The van der Waals surface area contributed by atoms with E-state index >= 15 is 0 Å². The van der Waals surface area contributed by atoms with Gasteiger partial charge in [-0.15, -0.1) is 0 Å². The van der Waals surface area contributed by atoms with E-state index < -0.39 is 0 Å². The lowest BCUT2D eigenvalue weighted by Gasteiger charge is -2.26. The van der Waals surface area contributed by atoms with Crippen LogP contribution in [0.5, 0.6) is 0 Å². The van der Waals surface area contributed by atoms with E-state index in [9.17, 15) is 4.79 Å². The fraction of sp³-hybridized carbons (Fsp3) is 0.588. The van der Waals surface area contributed by atoms with Crippen molar-refractivity contribution in [2.75, 3.05) is 18.4 Å². The smallest absolute Gasteiger partial charge is 0.238 e. The van der Waals surface area contributed by atoms with Crippen LogP contribution in [0.4, 0.5) is 5.69 Å². The van der Waals surface area contributed by atoms with Crippen molar-refractivity contribution in [3.8, 4) is 0 Å². The molecule has 3 nitrogen and oxygen atoms in total. The molecule has 2 unspecified atom stereocenters. The highest BCUT2D eigenvalue weighted by Gasteiger charge is 2.18. The van der Waals surface area contributed by atoms with Crippen LogP contribution in [0, 0.1) is 11.8 Å². The molecule has 116 valence electrons. The quantitative estimate of drug-likeness (QED) is 0.753. The van der Waals surface area contributed by atoms with Gasteiger partial charge >= 0.3 is 0 Å². The van der Waals surface area contributed by atoms with Gasteiger partial charge in [-0.2, -0.15) is 0 Å². The summed E-state index contributed by atoms with van der Waals surface area (Å²) in [6.07, 6.45) is 6.65. The van der Waals surface area contributed by atoms with E-state index in [2.05, 4.69) is 33.5 Å². The summed E-state index contributed by atoms with van der Waals surface area (Å²) >= 11 is 3.43. The molecule has 2 rings (SSSR count). The summed E-state index contributed by atoms with van der Waals surface area (Å²) in [5.74, 6) is 1.73. The molecule has 0 bridgehead atoms. The summed E-state index contributed by atoms with van der Waals surface area (Å²) in [6.45, 7) is 3.66. The Balaban J connectivity index is 1.62. The van der Waals surface area contributed by atoms with E-state index in [1.54, 1.807) is 0 Å². The topological polar surface area (TPSA) is 41.1 Å². The first-order valence-corrected chi connectivity index (χ1v) is 8.69. The van der Waals surface area contributed by atoms with Gasteiger partial charge in [0.05, 0.1) is 12.2 Å². The van der Waals surface area contributed by atoms with Crippen LogP contribution < -0.4 is 10.6 Å². The molecule has 1 fully saturated rings. The van der Waals surface area contributed by atoms with Gasteiger partial charge in [0.25, 0.3) is 0 Å². The maximum atomic E-state index is 11.9. The first-order valence-electron chi connectivity index (χ1n) is 7.90. The van der Waals surface area contributed by atoms with Crippen molar-refractivity contribution in [3.63, 3.8) is 0 Å². The first-order chi connectivity index (χ1) is 10.1. The molecule has 1 saturated carbocycles. The van der Waals surface area contributed by atoms with Crippen LogP contribution in [0.15, 0.2) is 28.7 Å². The fourth-order valence-electron chi connectivity index (χ4n) is 3.09. The van der Waals surface area contributed by atoms with Crippen molar-refractivity contribution in [1.29, 1.82) is 0 Å². The van der Waals surface area contributed by atoms with E-state index in [1.165, 1.54) is 32.1 Å². The van der Waals surface area contributed by atoms with Gasteiger partial charge < -0.3 is 10.6 Å². The number of para-hydroxylation sites is 1. The first kappa shape index (κ1) is 16.5. The molecule has 1 aliphatic carbocycles. The minimum Gasteiger partial charge on any atom is -0.324 e. The zero-order valence-corrected chi connectivity index (χ0v) is 14.3. The molecule has 1 aliphatic rings. The van der Waals surface area contributed by atoms with E-state index in [4.69, 9.17) is 0 Å². The number of amides is 1. The third-order valence-corrected chi connectivity index (χ3v) is 4.90. The molecule has 21 heavy (non-hydrogen) atoms. The van der Waals surface area contributed by atoms with Gasteiger partial charge in [-0.25, -0.2) is 0 Å². The molecule has 1 amide bonds. The van der Waals surface area contributed by atoms with Crippen LogP contribution in [-0.2, 0) is 4.79 Å². The Morgan fingerprint density at radius 2 is 2.14 bits per heavy atom. The van der Waals surface area contributed by atoms with Crippen LogP contribution in [0.1, 0.15) is 39.0 Å². The Kier molecular flexibility index (Phi) is 6.71. The number of rotatable bonds is 6. The summed E-state index contributed by atoms with van der Waals surface area (Å²) < 4.78 is 0.912. The van der Waals surface area contributed by atoms with Crippen LogP contribution in [0.2, 0.25) is 0 Å². The molecule has 0 spiro atoms. The summed E-state index contributed by atoms with van der Waals surface area (Å²) in [5, 5.41) is 6.17. The zero-order chi connectivity index (χ0) is 15.1. The molecule has 0 heterocycles. The highest BCUT2D eigenvalue weighted by atomic mass is 79.9. The van der Waals surface area contributed by atoms with Gasteiger partial charge in [-0.1, -0.05) is 38.3 Å². The Hall–Kier alpha value is -0.870. The second kappa shape index (κ2) is 8.54. The van der Waals surface area contributed by atoms with Gasteiger partial charge in [0, 0.05) is 4.47 Å². The number of halogens is 1. The molecule has 0 aliphatic heterocycles. The molecular weight excluding hydrogens is 328 g/mol. The highest BCUT2D eigenvalue weighted by Crippen LogP contribution is 2.30. The maximum Gasteiger partial charge on any atom is 0.238 e. The summed E-state index contributed by atoms with van der Waals surface area (Å²) in [4.78, 5) is 11.9. The molecule has 2 N–H and O–H groups in total. The van der Waals surface area contributed by atoms with Crippen molar-refractivity contribution in [2.45, 2.75) is 39.0 Å². The van der Waals surface area contributed by atoms with E-state index in [1.807, 2.05) is 24.3 Å². The van der Waals surface area contributed by atoms with Crippen molar-refractivity contribution in [2.24, 2.45) is 11.8 Å². The number of hydrogen-bond acceptors (Lipinski definition) is 2. The summed E-state index contributed by atoms with van der Waals surface area (Å²) in [6, 6.07) is 7.67. The molecule has 0 saturated heterocycles. The van der Waals surface area contributed by atoms with E-state index in [0.29, 0.717) is 6.54 Å². The second-order valence-corrected chi connectivity index (χ2v) is 6.99. The number of hydrogen-bond donors (Lipinski definition) is 2. The monoisotopic (exact) mass is 352 g/mol. The largest absolute Gasteiger partial charge is 0.324 e. The average Bonchev–Trinajstić information content (AvgIpc) is 2.46. The molecule has 0 radical (unpaired) electrons. The molecule has 2 atom stereocenters. The number of nitrogens with one attached hydrogen (secondary N) is 2. The van der Waals surface area contributed by atoms with Crippen LogP contribution in [0.3, 0.4) is 0 Å². The third kappa shape index (κ3) is 5.79. The van der Waals surface area contributed by atoms with Gasteiger partial charge in [0.15, 0.2) is 0 Å². The molecular formula is C17H25BrN2O. The number of benzene rings is 1. The van der Waals surface area contributed by atoms with Gasteiger partial charge in [-0.05, 0) is 59.3 Å². The number of anilines is 1. The van der Waals surface area contributed by atoms with Crippen LogP contribution in [0.25, 0.3) is 0 Å². The molecule has 0 aromatic heterocycles. The van der Waals surface area contributed by atoms with E-state index in [0.717, 1.165) is 28.5 Å².